The van der Waals surface area contributed by atoms with E-state index in [9.17, 15) is 9.59 Å². The highest BCUT2D eigenvalue weighted by atomic mass is 35.5. The predicted octanol–water partition coefficient (Wildman–Crippen LogP) is 2.46. The van der Waals surface area contributed by atoms with Crippen LogP contribution >= 0.6 is 12.4 Å². The Labute approximate surface area is 137 Å². The molecule has 2 N–H and O–H groups in total. The van der Waals surface area contributed by atoms with Crippen molar-refractivity contribution in [1.29, 1.82) is 0 Å². The Hall–Kier alpha value is -1.59. The zero-order valence-electron chi connectivity index (χ0n) is 13.0. The Kier molecular flexibility index (Phi) is 6.84. The van der Waals surface area contributed by atoms with E-state index in [4.69, 9.17) is 5.11 Å². The summed E-state index contributed by atoms with van der Waals surface area (Å²) in [4.78, 5) is 25.0. The summed E-state index contributed by atoms with van der Waals surface area (Å²) in [5.41, 5.74) is 3.00. The molecule has 0 bridgehead atoms. The highest BCUT2D eigenvalue weighted by molar-refractivity contribution is 5.93. The maximum Gasteiger partial charge on any atom is 0.306 e. The molecule has 0 radical (unpaired) electrons. The smallest absolute Gasteiger partial charge is 0.306 e. The molecule has 1 fully saturated rings. The predicted molar refractivity (Wildman–Crippen MR) is 88.6 cm³/mol. The number of carbonyl (C=O) groups excluding carboxylic acids is 1. The number of nitrogens with zero attached hydrogens (tertiary/aromatic N) is 1. The molecule has 1 saturated heterocycles. The number of aryl methyl sites for hydroxylation is 2. The average molecular weight is 327 g/mol. The number of likely N-dealkylation sites (tertiary alicyclic amines) is 1. The van der Waals surface area contributed by atoms with Crippen LogP contribution < -0.4 is 5.32 Å². The first kappa shape index (κ1) is 18.5. The number of carbonyl (C=O) groups is 2. The van der Waals surface area contributed by atoms with Crippen LogP contribution in [0.5, 0.6) is 0 Å². The average Bonchev–Trinajstić information content (AvgIpc) is 2.43. The third-order valence-corrected chi connectivity index (χ3v) is 3.97. The Balaban J connectivity index is 0.00000242. The first-order valence-corrected chi connectivity index (χ1v) is 7.28. The topological polar surface area (TPSA) is 69.6 Å². The minimum Gasteiger partial charge on any atom is -0.481 e. The highest BCUT2D eigenvalue weighted by Crippen LogP contribution is 2.18. The summed E-state index contributed by atoms with van der Waals surface area (Å²) in [5.74, 6) is -1.03. The van der Waals surface area contributed by atoms with Crippen molar-refractivity contribution in [2.75, 3.05) is 25.0 Å². The fourth-order valence-corrected chi connectivity index (χ4v) is 2.60. The number of amides is 1. The van der Waals surface area contributed by atoms with Crippen LogP contribution in [-0.2, 0) is 9.59 Å². The van der Waals surface area contributed by atoms with Gasteiger partial charge in [-0.15, -0.1) is 12.4 Å². The molecular formula is C16H23ClN2O3. The standard InChI is InChI=1S/C16H22N2O3.ClH/c1-11-3-4-12(2)14(9-11)17-15(19)10-18-7-5-13(6-8-18)16(20)21;/h3-4,9,13H,5-8,10H2,1-2H3,(H,17,19)(H,20,21);1H. The minimum atomic E-state index is -0.727. The van der Waals surface area contributed by atoms with Crippen molar-refractivity contribution in [3.8, 4) is 0 Å². The molecule has 22 heavy (non-hydrogen) atoms. The molecule has 1 aromatic rings. The summed E-state index contributed by atoms with van der Waals surface area (Å²) in [7, 11) is 0. The van der Waals surface area contributed by atoms with Crippen molar-refractivity contribution in [2.24, 2.45) is 5.92 Å². The fourth-order valence-electron chi connectivity index (χ4n) is 2.60. The van der Waals surface area contributed by atoms with E-state index in [1.54, 1.807) is 0 Å². The van der Waals surface area contributed by atoms with Gasteiger partial charge in [-0.1, -0.05) is 12.1 Å². The van der Waals surface area contributed by atoms with E-state index >= 15 is 0 Å². The van der Waals surface area contributed by atoms with Gasteiger partial charge in [0.25, 0.3) is 0 Å². The molecule has 0 saturated carbocycles. The van der Waals surface area contributed by atoms with Gasteiger partial charge in [-0.25, -0.2) is 0 Å². The van der Waals surface area contributed by atoms with Gasteiger partial charge in [-0.05, 0) is 57.0 Å². The van der Waals surface area contributed by atoms with Crippen LogP contribution in [0.25, 0.3) is 0 Å². The van der Waals surface area contributed by atoms with Gasteiger partial charge in [0, 0.05) is 5.69 Å². The molecule has 1 aromatic carbocycles. The number of anilines is 1. The van der Waals surface area contributed by atoms with E-state index < -0.39 is 5.97 Å². The molecule has 1 amide bonds. The van der Waals surface area contributed by atoms with E-state index in [0.29, 0.717) is 32.5 Å². The van der Waals surface area contributed by atoms with Crippen molar-refractivity contribution < 1.29 is 14.7 Å². The van der Waals surface area contributed by atoms with Gasteiger partial charge in [-0.2, -0.15) is 0 Å². The van der Waals surface area contributed by atoms with E-state index in [0.717, 1.165) is 16.8 Å². The maximum atomic E-state index is 12.1. The molecule has 6 heteroatoms. The van der Waals surface area contributed by atoms with Crippen molar-refractivity contribution in [3.63, 3.8) is 0 Å². The second-order valence-corrected chi connectivity index (χ2v) is 5.76. The van der Waals surface area contributed by atoms with E-state index in [1.165, 1.54) is 0 Å². The van der Waals surface area contributed by atoms with E-state index in [-0.39, 0.29) is 24.2 Å². The second kappa shape index (κ2) is 8.15. The van der Waals surface area contributed by atoms with Gasteiger partial charge in [0.15, 0.2) is 0 Å². The van der Waals surface area contributed by atoms with Crippen LogP contribution in [0.3, 0.4) is 0 Å². The van der Waals surface area contributed by atoms with Gasteiger partial charge in [0.2, 0.25) is 5.91 Å². The molecule has 0 atom stereocenters. The molecule has 122 valence electrons. The van der Waals surface area contributed by atoms with Crippen molar-refractivity contribution in [3.05, 3.63) is 29.3 Å². The van der Waals surface area contributed by atoms with Crippen LogP contribution in [0.15, 0.2) is 18.2 Å². The number of piperidine rings is 1. The van der Waals surface area contributed by atoms with Crippen LogP contribution in [0, 0.1) is 19.8 Å². The molecule has 2 rings (SSSR count). The fraction of sp³-hybridized carbons (Fsp3) is 0.500. The van der Waals surface area contributed by atoms with Crippen LogP contribution in [0.2, 0.25) is 0 Å². The van der Waals surface area contributed by atoms with Gasteiger partial charge >= 0.3 is 5.97 Å². The molecule has 1 heterocycles. The van der Waals surface area contributed by atoms with Crippen molar-refractivity contribution in [2.45, 2.75) is 26.7 Å². The molecule has 1 aliphatic heterocycles. The Morgan fingerprint density at radius 1 is 1.27 bits per heavy atom. The van der Waals surface area contributed by atoms with Crippen molar-refractivity contribution in [1.82, 2.24) is 4.90 Å². The normalized spacial score (nSPS) is 15.9. The van der Waals surface area contributed by atoms with E-state index in [2.05, 4.69) is 5.32 Å². The Bertz CT molecular complexity index is 540. The minimum absolute atomic E-state index is 0. The number of rotatable bonds is 4. The zero-order chi connectivity index (χ0) is 15.4. The molecule has 0 aliphatic carbocycles. The second-order valence-electron chi connectivity index (χ2n) is 5.76. The quantitative estimate of drug-likeness (QED) is 0.891. The van der Waals surface area contributed by atoms with Gasteiger partial charge in [0.1, 0.15) is 0 Å². The molecule has 0 spiro atoms. The summed E-state index contributed by atoms with van der Waals surface area (Å²) in [5, 5.41) is 11.9. The monoisotopic (exact) mass is 326 g/mol. The molecule has 0 aromatic heterocycles. The van der Waals surface area contributed by atoms with Crippen molar-refractivity contribution >= 4 is 30.0 Å². The third kappa shape index (κ3) is 5.00. The maximum absolute atomic E-state index is 12.1. The third-order valence-electron chi connectivity index (χ3n) is 3.97. The lowest BCUT2D eigenvalue weighted by Crippen LogP contribution is -2.40. The number of halogens is 1. The first-order valence-electron chi connectivity index (χ1n) is 7.28. The lowest BCUT2D eigenvalue weighted by molar-refractivity contribution is -0.143. The number of aliphatic carboxylic acids is 1. The Morgan fingerprint density at radius 2 is 1.91 bits per heavy atom. The van der Waals surface area contributed by atoms with Crippen LogP contribution in [0.1, 0.15) is 24.0 Å². The summed E-state index contributed by atoms with van der Waals surface area (Å²) < 4.78 is 0. The zero-order valence-corrected chi connectivity index (χ0v) is 13.8. The highest BCUT2D eigenvalue weighted by Gasteiger charge is 2.25. The molecule has 1 aliphatic rings. The first-order chi connectivity index (χ1) is 9.95. The largest absolute Gasteiger partial charge is 0.481 e. The molecule has 5 nitrogen and oxygen atoms in total. The van der Waals surface area contributed by atoms with E-state index in [1.807, 2.05) is 36.9 Å². The number of hydrogen-bond donors (Lipinski definition) is 2. The lowest BCUT2D eigenvalue weighted by atomic mass is 9.97. The number of nitrogens with one attached hydrogen (secondary N) is 1. The van der Waals surface area contributed by atoms with Gasteiger partial charge in [-0.3, -0.25) is 14.5 Å². The summed E-state index contributed by atoms with van der Waals surface area (Å²) in [6.45, 7) is 5.60. The lowest BCUT2D eigenvalue weighted by Gasteiger charge is -2.29. The number of benzene rings is 1. The van der Waals surface area contributed by atoms with Gasteiger partial charge < -0.3 is 10.4 Å². The molecular weight excluding hydrogens is 304 g/mol. The van der Waals surface area contributed by atoms with Crippen LogP contribution in [0.4, 0.5) is 5.69 Å². The SMILES string of the molecule is Cc1ccc(C)c(NC(=O)CN2CCC(C(=O)O)CC2)c1.Cl. The number of carboxylic acid groups (broad SMARTS) is 1. The Morgan fingerprint density at radius 3 is 2.50 bits per heavy atom. The van der Waals surface area contributed by atoms with Crippen LogP contribution in [-0.4, -0.2) is 41.5 Å². The number of hydrogen-bond acceptors (Lipinski definition) is 3. The van der Waals surface area contributed by atoms with Gasteiger partial charge in [0.05, 0.1) is 12.5 Å². The summed E-state index contributed by atoms with van der Waals surface area (Å²) >= 11 is 0. The summed E-state index contributed by atoms with van der Waals surface area (Å²) in [6, 6.07) is 5.97. The molecule has 0 unspecified atom stereocenters. The number of carboxylic acids is 1. The summed E-state index contributed by atoms with van der Waals surface area (Å²) in [6.07, 6.45) is 1.23.